The van der Waals surface area contributed by atoms with Crippen molar-refractivity contribution >= 4 is 21.6 Å². The maximum absolute atomic E-state index is 5.34. The fourth-order valence-electron chi connectivity index (χ4n) is 1.80. The summed E-state index contributed by atoms with van der Waals surface area (Å²) in [6.07, 6.45) is 2.60. The van der Waals surface area contributed by atoms with Crippen LogP contribution in [0.5, 0.6) is 0 Å². The van der Waals surface area contributed by atoms with Gasteiger partial charge in [0.1, 0.15) is 5.76 Å². The van der Waals surface area contributed by atoms with Gasteiger partial charge in [-0.2, -0.15) is 0 Å². The number of furan rings is 1. The molecule has 1 aromatic carbocycles. The Balaban J connectivity index is 2.02. The van der Waals surface area contributed by atoms with Gasteiger partial charge in [0.15, 0.2) is 0 Å². The third-order valence-corrected chi connectivity index (χ3v) is 3.30. The van der Waals surface area contributed by atoms with E-state index in [1.807, 2.05) is 12.1 Å². The van der Waals surface area contributed by atoms with Crippen LogP contribution in [-0.2, 0) is 6.42 Å². The summed E-state index contributed by atoms with van der Waals surface area (Å²) in [5.41, 5.74) is 2.38. The van der Waals surface area contributed by atoms with E-state index in [0.29, 0.717) is 6.04 Å². The lowest BCUT2D eigenvalue weighted by atomic mass is 10.1. The Kier molecular flexibility index (Phi) is 3.89. The van der Waals surface area contributed by atoms with E-state index >= 15 is 0 Å². The average Bonchev–Trinajstić information content (AvgIpc) is 2.76. The summed E-state index contributed by atoms with van der Waals surface area (Å²) >= 11 is 3.55. The molecule has 0 aliphatic rings. The average molecular weight is 294 g/mol. The first-order valence-corrected chi connectivity index (χ1v) is 6.49. The Morgan fingerprint density at radius 1 is 1.35 bits per heavy atom. The Labute approximate surface area is 110 Å². The van der Waals surface area contributed by atoms with Crippen molar-refractivity contribution in [3.8, 4) is 0 Å². The molecule has 0 aliphatic carbocycles. The predicted molar refractivity (Wildman–Crippen MR) is 74.4 cm³/mol. The summed E-state index contributed by atoms with van der Waals surface area (Å²) in [4.78, 5) is 0. The van der Waals surface area contributed by atoms with Crippen molar-refractivity contribution in [3.63, 3.8) is 0 Å². The van der Waals surface area contributed by atoms with Crippen molar-refractivity contribution in [2.75, 3.05) is 5.32 Å². The maximum Gasteiger partial charge on any atom is 0.105 e. The Morgan fingerprint density at radius 3 is 2.88 bits per heavy atom. The minimum absolute atomic E-state index is 0.333. The molecule has 1 atom stereocenters. The first kappa shape index (κ1) is 12.2. The van der Waals surface area contributed by atoms with Gasteiger partial charge in [-0.05, 0) is 59.6 Å². The highest BCUT2D eigenvalue weighted by molar-refractivity contribution is 9.10. The van der Waals surface area contributed by atoms with Crippen LogP contribution in [0.4, 0.5) is 5.69 Å². The van der Waals surface area contributed by atoms with Gasteiger partial charge in [0.25, 0.3) is 0 Å². The predicted octanol–water partition coefficient (Wildman–Crippen LogP) is 4.39. The highest BCUT2D eigenvalue weighted by Crippen LogP contribution is 2.24. The van der Waals surface area contributed by atoms with E-state index in [0.717, 1.165) is 22.3 Å². The van der Waals surface area contributed by atoms with Crippen LogP contribution >= 0.6 is 15.9 Å². The zero-order chi connectivity index (χ0) is 12.3. The Hall–Kier alpha value is -1.22. The monoisotopic (exact) mass is 293 g/mol. The largest absolute Gasteiger partial charge is 0.469 e. The van der Waals surface area contributed by atoms with Crippen LogP contribution in [0.25, 0.3) is 0 Å². The second-order valence-corrected chi connectivity index (χ2v) is 5.17. The molecule has 0 saturated carbocycles. The molecule has 0 spiro atoms. The summed E-state index contributed by atoms with van der Waals surface area (Å²) in [7, 11) is 0. The van der Waals surface area contributed by atoms with Crippen LogP contribution in [0.1, 0.15) is 18.2 Å². The highest BCUT2D eigenvalue weighted by Gasteiger charge is 2.07. The minimum Gasteiger partial charge on any atom is -0.469 e. The van der Waals surface area contributed by atoms with Gasteiger partial charge >= 0.3 is 0 Å². The number of hydrogen-bond donors (Lipinski definition) is 1. The van der Waals surface area contributed by atoms with Crippen LogP contribution in [0.2, 0.25) is 0 Å². The molecular formula is C14H16BrNO. The van der Waals surface area contributed by atoms with Crippen molar-refractivity contribution in [1.29, 1.82) is 0 Å². The first-order valence-electron chi connectivity index (χ1n) is 5.70. The number of hydrogen-bond acceptors (Lipinski definition) is 2. The first-order chi connectivity index (χ1) is 8.15. The number of rotatable bonds is 4. The molecule has 2 rings (SSSR count). The summed E-state index contributed by atoms with van der Waals surface area (Å²) in [5.74, 6) is 1.01. The van der Waals surface area contributed by atoms with Gasteiger partial charge in [-0.15, -0.1) is 0 Å². The quantitative estimate of drug-likeness (QED) is 0.904. The third-order valence-electron chi connectivity index (χ3n) is 2.61. The smallest absolute Gasteiger partial charge is 0.105 e. The van der Waals surface area contributed by atoms with Gasteiger partial charge < -0.3 is 9.73 Å². The van der Waals surface area contributed by atoms with Crippen molar-refractivity contribution in [2.45, 2.75) is 26.3 Å². The van der Waals surface area contributed by atoms with E-state index < -0.39 is 0 Å². The highest BCUT2D eigenvalue weighted by atomic mass is 79.9. The van der Waals surface area contributed by atoms with Gasteiger partial charge in [-0.25, -0.2) is 0 Å². The molecule has 17 heavy (non-hydrogen) atoms. The summed E-state index contributed by atoms with van der Waals surface area (Å²) < 4.78 is 6.44. The van der Waals surface area contributed by atoms with Gasteiger partial charge in [0, 0.05) is 22.6 Å². The number of halogens is 1. The topological polar surface area (TPSA) is 25.2 Å². The lowest BCUT2D eigenvalue weighted by Crippen LogP contribution is -2.18. The molecule has 2 nitrogen and oxygen atoms in total. The molecule has 2 aromatic rings. The van der Waals surface area contributed by atoms with Crippen molar-refractivity contribution < 1.29 is 4.42 Å². The lowest BCUT2D eigenvalue weighted by molar-refractivity contribution is 0.498. The number of aryl methyl sites for hydroxylation is 1. The molecule has 0 bridgehead atoms. The normalized spacial score (nSPS) is 12.4. The number of anilines is 1. The van der Waals surface area contributed by atoms with Gasteiger partial charge in [0.05, 0.1) is 6.26 Å². The second kappa shape index (κ2) is 5.41. The summed E-state index contributed by atoms with van der Waals surface area (Å²) in [5, 5.41) is 3.48. The molecule has 3 heteroatoms. The van der Waals surface area contributed by atoms with Crippen LogP contribution < -0.4 is 5.32 Å². The van der Waals surface area contributed by atoms with Gasteiger partial charge in [0.2, 0.25) is 0 Å². The summed E-state index contributed by atoms with van der Waals surface area (Å²) in [6.45, 7) is 4.24. The van der Waals surface area contributed by atoms with Gasteiger partial charge in [-0.3, -0.25) is 0 Å². The molecule has 1 aromatic heterocycles. The zero-order valence-electron chi connectivity index (χ0n) is 10.0. The lowest BCUT2D eigenvalue weighted by Gasteiger charge is -2.15. The maximum atomic E-state index is 5.34. The molecule has 0 amide bonds. The van der Waals surface area contributed by atoms with E-state index in [9.17, 15) is 0 Å². The zero-order valence-corrected chi connectivity index (χ0v) is 11.6. The molecule has 1 heterocycles. The molecule has 0 fully saturated rings. The van der Waals surface area contributed by atoms with Crippen molar-refractivity contribution in [1.82, 2.24) is 0 Å². The fraction of sp³-hybridized carbons (Fsp3) is 0.286. The molecule has 0 aliphatic heterocycles. The molecule has 90 valence electrons. The van der Waals surface area contributed by atoms with Crippen LogP contribution in [-0.4, -0.2) is 6.04 Å². The molecular weight excluding hydrogens is 278 g/mol. The Bertz CT molecular complexity index is 479. The fourth-order valence-corrected chi connectivity index (χ4v) is 2.16. The van der Waals surface area contributed by atoms with Crippen LogP contribution in [0.3, 0.4) is 0 Å². The van der Waals surface area contributed by atoms with Crippen LogP contribution in [0, 0.1) is 6.92 Å². The summed E-state index contributed by atoms with van der Waals surface area (Å²) in [6, 6.07) is 10.6. The number of benzene rings is 1. The standard InChI is InChI=1S/C14H16BrNO/c1-10-5-6-13(15)14(8-10)16-11(2)9-12-4-3-7-17-12/h3-8,11,16H,9H2,1-2H3. The molecule has 0 saturated heterocycles. The van der Waals surface area contributed by atoms with E-state index in [4.69, 9.17) is 4.42 Å². The molecule has 0 radical (unpaired) electrons. The number of nitrogens with one attached hydrogen (secondary N) is 1. The van der Waals surface area contributed by atoms with Crippen molar-refractivity contribution in [3.05, 3.63) is 52.4 Å². The van der Waals surface area contributed by atoms with E-state index in [1.165, 1.54) is 5.56 Å². The van der Waals surface area contributed by atoms with Crippen molar-refractivity contribution in [2.24, 2.45) is 0 Å². The second-order valence-electron chi connectivity index (χ2n) is 4.31. The van der Waals surface area contributed by atoms with E-state index in [1.54, 1.807) is 6.26 Å². The van der Waals surface area contributed by atoms with E-state index in [-0.39, 0.29) is 0 Å². The molecule has 1 N–H and O–H groups in total. The molecule has 1 unspecified atom stereocenters. The van der Waals surface area contributed by atoms with Gasteiger partial charge in [-0.1, -0.05) is 6.07 Å². The Morgan fingerprint density at radius 2 is 2.18 bits per heavy atom. The third kappa shape index (κ3) is 3.37. The van der Waals surface area contributed by atoms with Crippen LogP contribution in [0.15, 0.2) is 45.5 Å². The minimum atomic E-state index is 0.333. The van der Waals surface area contributed by atoms with E-state index in [2.05, 4.69) is 53.3 Å². The SMILES string of the molecule is Cc1ccc(Br)c(NC(C)Cc2ccco2)c1.